The molecule has 2 aromatic rings. The third-order valence-corrected chi connectivity index (χ3v) is 4.93. The van der Waals surface area contributed by atoms with Crippen LogP contribution in [0.3, 0.4) is 0 Å². The summed E-state index contributed by atoms with van der Waals surface area (Å²) in [5, 5.41) is 0. The van der Waals surface area contributed by atoms with Crippen molar-refractivity contribution in [2.24, 2.45) is 0 Å². The fourth-order valence-electron chi connectivity index (χ4n) is 3.42. The molecule has 2 radical (unpaired) electrons. The molecule has 3 nitrogen and oxygen atoms in total. The van der Waals surface area contributed by atoms with Gasteiger partial charge in [0.15, 0.2) is 0 Å². The number of nitrogens with zero attached hydrogens (tertiary/aromatic N) is 1. The van der Waals surface area contributed by atoms with E-state index in [0.717, 1.165) is 17.5 Å². The molecule has 0 N–H and O–H groups in total. The van der Waals surface area contributed by atoms with Gasteiger partial charge in [-0.15, -0.1) is 6.58 Å². The Morgan fingerprint density at radius 1 is 1.24 bits per heavy atom. The van der Waals surface area contributed by atoms with Crippen molar-refractivity contribution in [2.45, 2.75) is 31.4 Å². The minimum atomic E-state index is -0.628. The Hall–Kier alpha value is -2.49. The van der Waals surface area contributed by atoms with Crippen molar-refractivity contribution >= 4 is 19.4 Å². The SMILES string of the molecule is [B]c1ccc(C(C)N2CC[C@](CC=C)(c3ccccc3)OC2=O)cc1. The number of hydrogen-bond donors (Lipinski definition) is 0. The molecule has 0 bridgehead atoms. The molecule has 1 unspecified atom stereocenters. The number of carbonyl (C=O) groups excluding carboxylic acids is 1. The highest BCUT2D eigenvalue weighted by Crippen LogP contribution is 2.39. The van der Waals surface area contributed by atoms with E-state index in [1.54, 1.807) is 4.90 Å². The van der Waals surface area contributed by atoms with E-state index >= 15 is 0 Å². The van der Waals surface area contributed by atoms with Gasteiger partial charge in [-0.1, -0.05) is 66.1 Å². The van der Waals surface area contributed by atoms with Gasteiger partial charge >= 0.3 is 6.09 Å². The first-order valence-electron chi connectivity index (χ1n) is 8.57. The highest BCUT2D eigenvalue weighted by Gasteiger charge is 2.42. The summed E-state index contributed by atoms with van der Waals surface area (Å²) in [6, 6.07) is 17.5. The van der Waals surface area contributed by atoms with Gasteiger partial charge in [-0.3, -0.25) is 0 Å². The van der Waals surface area contributed by atoms with Gasteiger partial charge < -0.3 is 9.64 Å². The fraction of sp³-hybridized carbons (Fsp3) is 0.286. The summed E-state index contributed by atoms with van der Waals surface area (Å²) in [6.45, 7) is 6.49. The molecule has 1 heterocycles. The maximum atomic E-state index is 12.8. The summed E-state index contributed by atoms with van der Waals surface area (Å²) in [5.41, 5.74) is 2.15. The van der Waals surface area contributed by atoms with Crippen LogP contribution >= 0.6 is 0 Å². The fourth-order valence-corrected chi connectivity index (χ4v) is 3.42. The first-order chi connectivity index (χ1) is 12.1. The molecule has 4 heteroatoms. The highest BCUT2D eigenvalue weighted by atomic mass is 16.6. The number of benzene rings is 2. The molecular weight excluding hydrogens is 309 g/mol. The standard InChI is InChI=1S/C21H22BNO2/c1-3-13-21(18-7-5-4-6-8-18)14-15-23(20(24)25-21)16(2)17-9-11-19(22)12-10-17/h3-12,16H,1,13-15H2,2H3/t16?,21-/m1/s1. The summed E-state index contributed by atoms with van der Waals surface area (Å²) in [6.07, 6.45) is 2.86. The molecule has 0 spiro atoms. The van der Waals surface area contributed by atoms with Crippen molar-refractivity contribution in [3.05, 3.63) is 78.4 Å². The van der Waals surface area contributed by atoms with Crippen LogP contribution in [0.5, 0.6) is 0 Å². The summed E-state index contributed by atoms with van der Waals surface area (Å²) >= 11 is 0. The van der Waals surface area contributed by atoms with Crippen molar-refractivity contribution < 1.29 is 9.53 Å². The van der Waals surface area contributed by atoms with Gasteiger partial charge in [-0.05, 0) is 18.1 Å². The van der Waals surface area contributed by atoms with Crippen LogP contribution in [0.25, 0.3) is 0 Å². The minimum absolute atomic E-state index is 0.0643. The van der Waals surface area contributed by atoms with E-state index in [0.29, 0.717) is 18.4 Å². The molecule has 2 atom stereocenters. The summed E-state index contributed by atoms with van der Waals surface area (Å²) < 4.78 is 5.97. The van der Waals surface area contributed by atoms with Gasteiger partial charge in [0.2, 0.25) is 0 Å². The van der Waals surface area contributed by atoms with E-state index in [4.69, 9.17) is 12.6 Å². The maximum absolute atomic E-state index is 12.8. The van der Waals surface area contributed by atoms with Crippen LogP contribution < -0.4 is 5.46 Å². The van der Waals surface area contributed by atoms with Crippen molar-refractivity contribution in [3.8, 4) is 0 Å². The summed E-state index contributed by atoms with van der Waals surface area (Å²) in [5.74, 6) is 0. The lowest BCUT2D eigenvalue weighted by Crippen LogP contribution is -2.48. The summed E-state index contributed by atoms with van der Waals surface area (Å²) in [4.78, 5) is 14.6. The first-order valence-corrected chi connectivity index (χ1v) is 8.57. The quantitative estimate of drug-likeness (QED) is 0.615. The predicted molar refractivity (Wildman–Crippen MR) is 101 cm³/mol. The Morgan fingerprint density at radius 3 is 2.52 bits per heavy atom. The van der Waals surface area contributed by atoms with Crippen molar-refractivity contribution in [1.29, 1.82) is 0 Å². The number of carbonyl (C=O) groups is 1. The molecule has 0 aliphatic carbocycles. The molecular formula is C21H22BNO2. The molecule has 1 saturated heterocycles. The van der Waals surface area contributed by atoms with Crippen molar-refractivity contribution in [1.82, 2.24) is 4.90 Å². The topological polar surface area (TPSA) is 29.5 Å². The third kappa shape index (κ3) is 3.48. The Labute approximate surface area is 150 Å². The zero-order chi connectivity index (χ0) is 17.9. The zero-order valence-electron chi connectivity index (χ0n) is 14.5. The lowest BCUT2D eigenvalue weighted by atomic mass is 9.85. The van der Waals surface area contributed by atoms with Crippen LogP contribution in [0.4, 0.5) is 4.79 Å². The number of ether oxygens (including phenoxy) is 1. The smallest absolute Gasteiger partial charge is 0.411 e. The number of cyclic esters (lactones) is 1. The van der Waals surface area contributed by atoms with E-state index in [2.05, 4.69) is 6.58 Å². The van der Waals surface area contributed by atoms with Gasteiger partial charge in [-0.2, -0.15) is 0 Å². The number of rotatable bonds is 5. The van der Waals surface area contributed by atoms with Crippen LogP contribution in [-0.2, 0) is 10.3 Å². The second-order valence-corrected chi connectivity index (χ2v) is 6.51. The van der Waals surface area contributed by atoms with Crippen molar-refractivity contribution in [2.75, 3.05) is 6.54 Å². The van der Waals surface area contributed by atoms with Gasteiger partial charge in [-0.25, -0.2) is 4.79 Å². The third-order valence-electron chi connectivity index (χ3n) is 4.93. The van der Waals surface area contributed by atoms with E-state index in [-0.39, 0.29) is 12.1 Å². The largest absolute Gasteiger partial charge is 0.437 e. The Kier molecular flexibility index (Phi) is 4.98. The van der Waals surface area contributed by atoms with E-state index in [1.165, 1.54) is 0 Å². The number of hydrogen-bond acceptors (Lipinski definition) is 2. The molecule has 3 rings (SSSR count). The molecule has 0 saturated carbocycles. The molecule has 25 heavy (non-hydrogen) atoms. The van der Waals surface area contributed by atoms with E-state index in [1.807, 2.05) is 67.6 Å². The Morgan fingerprint density at radius 2 is 1.92 bits per heavy atom. The second-order valence-electron chi connectivity index (χ2n) is 6.51. The van der Waals surface area contributed by atoms with Gasteiger partial charge in [0.05, 0.1) is 6.04 Å². The molecule has 1 amide bonds. The number of amides is 1. The first kappa shape index (κ1) is 17.3. The lowest BCUT2D eigenvalue weighted by Gasteiger charge is -2.43. The van der Waals surface area contributed by atoms with Crippen LogP contribution in [0, 0.1) is 0 Å². The Balaban J connectivity index is 1.82. The molecule has 126 valence electrons. The van der Waals surface area contributed by atoms with Crippen LogP contribution in [0.1, 0.15) is 36.9 Å². The zero-order valence-corrected chi connectivity index (χ0v) is 14.5. The van der Waals surface area contributed by atoms with Crippen LogP contribution in [0.15, 0.2) is 67.3 Å². The average molecular weight is 331 g/mol. The van der Waals surface area contributed by atoms with Gasteiger partial charge in [0, 0.05) is 19.4 Å². The van der Waals surface area contributed by atoms with Crippen molar-refractivity contribution in [3.63, 3.8) is 0 Å². The molecule has 0 aromatic heterocycles. The Bertz CT molecular complexity index is 744. The minimum Gasteiger partial charge on any atom is -0.437 e. The lowest BCUT2D eigenvalue weighted by molar-refractivity contribution is -0.0588. The van der Waals surface area contributed by atoms with Crippen LogP contribution in [0.2, 0.25) is 0 Å². The maximum Gasteiger partial charge on any atom is 0.411 e. The molecule has 1 aliphatic heterocycles. The monoisotopic (exact) mass is 331 g/mol. The van der Waals surface area contributed by atoms with Gasteiger partial charge in [0.1, 0.15) is 13.4 Å². The van der Waals surface area contributed by atoms with Crippen LogP contribution in [-0.4, -0.2) is 25.4 Å². The average Bonchev–Trinajstić information content (AvgIpc) is 2.63. The molecule has 1 fully saturated rings. The highest BCUT2D eigenvalue weighted by molar-refractivity contribution is 6.32. The van der Waals surface area contributed by atoms with Gasteiger partial charge in [0.25, 0.3) is 0 Å². The molecule has 2 aromatic carbocycles. The van der Waals surface area contributed by atoms with E-state index in [9.17, 15) is 4.79 Å². The van der Waals surface area contributed by atoms with E-state index < -0.39 is 5.60 Å². The predicted octanol–water partition coefficient (Wildman–Crippen LogP) is 3.86. The summed E-state index contributed by atoms with van der Waals surface area (Å²) in [7, 11) is 5.75. The normalized spacial score (nSPS) is 21.5. The second kappa shape index (κ2) is 7.18. The molecule has 1 aliphatic rings.